The molecule has 0 radical (unpaired) electrons. The van der Waals surface area contributed by atoms with Gasteiger partial charge in [0.25, 0.3) is 0 Å². The van der Waals surface area contributed by atoms with Gasteiger partial charge in [-0.1, -0.05) is 53.2 Å². The number of hydrogen-bond donors (Lipinski definition) is 1. The second-order valence-electron chi connectivity index (χ2n) is 4.64. The first kappa shape index (κ1) is 14.1. The SMILES string of the molecule is CCN(Cc1cccc(N)c1)Cc1ccccc1Br. The van der Waals surface area contributed by atoms with E-state index in [0.717, 1.165) is 25.3 Å². The standard InChI is InChI=1S/C16H19BrN2/c1-2-19(11-13-6-5-8-15(18)10-13)12-14-7-3-4-9-16(14)17/h3-10H,2,11-12,18H2,1H3. The van der Waals surface area contributed by atoms with Crippen LogP contribution in [-0.4, -0.2) is 11.4 Å². The fourth-order valence-electron chi connectivity index (χ4n) is 2.10. The third kappa shape index (κ3) is 4.08. The molecule has 3 heteroatoms. The lowest BCUT2D eigenvalue weighted by atomic mass is 10.1. The van der Waals surface area contributed by atoms with Gasteiger partial charge in [-0.15, -0.1) is 0 Å². The third-order valence-electron chi connectivity index (χ3n) is 3.16. The Bertz CT molecular complexity index is 540. The first-order valence-corrected chi connectivity index (χ1v) is 7.28. The summed E-state index contributed by atoms with van der Waals surface area (Å²) in [7, 11) is 0. The molecule has 2 rings (SSSR count). The van der Waals surface area contributed by atoms with E-state index >= 15 is 0 Å². The Morgan fingerprint density at radius 1 is 1.05 bits per heavy atom. The molecule has 0 saturated heterocycles. The van der Waals surface area contributed by atoms with E-state index < -0.39 is 0 Å². The van der Waals surface area contributed by atoms with E-state index in [-0.39, 0.29) is 0 Å². The Morgan fingerprint density at radius 2 is 1.84 bits per heavy atom. The maximum atomic E-state index is 5.83. The minimum atomic E-state index is 0.828. The van der Waals surface area contributed by atoms with Crippen molar-refractivity contribution in [1.29, 1.82) is 0 Å². The van der Waals surface area contributed by atoms with Gasteiger partial charge >= 0.3 is 0 Å². The largest absolute Gasteiger partial charge is 0.399 e. The van der Waals surface area contributed by atoms with Gasteiger partial charge < -0.3 is 5.73 Å². The monoisotopic (exact) mass is 318 g/mol. The zero-order valence-corrected chi connectivity index (χ0v) is 12.7. The van der Waals surface area contributed by atoms with Crippen LogP contribution in [0.4, 0.5) is 5.69 Å². The van der Waals surface area contributed by atoms with Gasteiger partial charge in [0, 0.05) is 23.2 Å². The smallest absolute Gasteiger partial charge is 0.0317 e. The van der Waals surface area contributed by atoms with Crippen molar-refractivity contribution in [3.8, 4) is 0 Å². The summed E-state index contributed by atoms with van der Waals surface area (Å²) in [6, 6.07) is 16.5. The van der Waals surface area contributed by atoms with Gasteiger partial charge in [-0.05, 0) is 35.9 Å². The molecule has 0 heterocycles. The number of benzene rings is 2. The lowest BCUT2D eigenvalue weighted by molar-refractivity contribution is 0.271. The van der Waals surface area contributed by atoms with E-state index in [0.29, 0.717) is 0 Å². The molecule has 0 aliphatic heterocycles. The molecular formula is C16H19BrN2. The highest BCUT2D eigenvalue weighted by molar-refractivity contribution is 9.10. The highest BCUT2D eigenvalue weighted by Gasteiger charge is 2.07. The van der Waals surface area contributed by atoms with Crippen molar-refractivity contribution in [2.75, 3.05) is 12.3 Å². The van der Waals surface area contributed by atoms with E-state index in [4.69, 9.17) is 5.73 Å². The Balaban J connectivity index is 2.07. The van der Waals surface area contributed by atoms with Gasteiger partial charge in [0.05, 0.1) is 0 Å². The summed E-state index contributed by atoms with van der Waals surface area (Å²) in [6.07, 6.45) is 0. The minimum absolute atomic E-state index is 0.828. The van der Waals surface area contributed by atoms with Crippen molar-refractivity contribution in [3.63, 3.8) is 0 Å². The molecule has 0 bridgehead atoms. The van der Waals surface area contributed by atoms with Crippen LogP contribution in [0.25, 0.3) is 0 Å². The van der Waals surface area contributed by atoms with Crippen molar-refractivity contribution in [2.24, 2.45) is 0 Å². The molecule has 0 saturated carbocycles. The molecule has 0 aliphatic carbocycles. The number of halogens is 1. The van der Waals surface area contributed by atoms with Gasteiger partial charge in [-0.25, -0.2) is 0 Å². The Morgan fingerprint density at radius 3 is 2.53 bits per heavy atom. The number of rotatable bonds is 5. The van der Waals surface area contributed by atoms with Crippen LogP contribution >= 0.6 is 15.9 Å². The van der Waals surface area contributed by atoms with Crippen LogP contribution in [0.15, 0.2) is 53.0 Å². The van der Waals surface area contributed by atoms with Crippen LogP contribution in [-0.2, 0) is 13.1 Å². The highest BCUT2D eigenvalue weighted by atomic mass is 79.9. The number of hydrogen-bond acceptors (Lipinski definition) is 2. The molecule has 2 aromatic carbocycles. The fraction of sp³-hybridized carbons (Fsp3) is 0.250. The summed E-state index contributed by atoms with van der Waals surface area (Å²) in [6.45, 7) is 5.05. The van der Waals surface area contributed by atoms with Gasteiger partial charge in [-0.3, -0.25) is 4.90 Å². The molecule has 0 aromatic heterocycles. The predicted molar refractivity (Wildman–Crippen MR) is 84.8 cm³/mol. The van der Waals surface area contributed by atoms with E-state index in [1.54, 1.807) is 0 Å². The molecule has 0 atom stereocenters. The molecule has 0 fully saturated rings. The minimum Gasteiger partial charge on any atom is -0.399 e. The first-order valence-electron chi connectivity index (χ1n) is 6.49. The van der Waals surface area contributed by atoms with Crippen LogP contribution in [0.5, 0.6) is 0 Å². The lowest BCUT2D eigenvalue weighted by Gasteiger charge is -2.21. The lowest BCUT2D eigenvalue weighted by Crippen LogP contribution is -2.22. The zero-order chi connectivity index (χ0) is 13.7. The molecule has 100 valence electrons. The maximum absolute atomic E-state index is 5.83. The molecule has 0 amide bonds. The van der Waals surface area contributed by atoms with Crippen molar-refractivity contribution in [2.45, 2.75) is 20.0 Å². The molecule has 2 N–H and O–H groups in total. The zero-order valence-electron chi connectivity index (χ0n) is 11.1. The van der Waals surface area contributed by atoms with Gasteiger partial charge in [-0.2, -0.15) is 0 Å². The summed E-state index contributed by atoms with van der Waals surface area (Å²) in [5.41, 5.74) is 9.23. The maximum Gasteiger partial charge on any atom is 0.0317 e. The number of nitrogens with two attached hydrogens (primary N) is 1. The van der Waals surface area contributed by atoms with E-state index in [1.807, 2.05) is 24.3 Å². The first-order chi connectivity index (χ1) is 9.19. The number of nitrogens with zero attached hydrogens (tertiary/aromatic N) is 1. The molecule has 19 heavy (non-hydrogen) atoms. The molecule has 2 nitrogen and oxygen atoms in total. The van der Waals surface area contributed by atoms with Gasteiger partial charge in [0.15, 0.2) is 0 Å². The average Bonchev–Trinajstić information content (AvgIpc) is 2.40. The van der Waals surface area contributed by atoms with Crippen LogP contribution in [0.1, 0.15) is 18.1 Å². The molecule has 2 aromatic rings. The average molecular weight is 319 g/mol. The quantitative estimate of drug-likeness (QED) is 0.842. The molecule has 0 spiro atoms. The highest BCUT2D eigenvalue weighted by Crippen LogP contribution is 2.19. The van der Waals surface area contributed by atoms with Crippen molar-refractivity contribution in [3.05, 3.63) is 64.1 Å². The van der Waals surface area contributed by atoms with E-state index in [1.165, 1.54) is 15.6 Å². The van der Waals surface area contributed by atoms with Crippen LogP contribution in [0, 0.1) is 0 Å². The third-order valence-corrected chi connectivity index (χ3v) is 3.93. The van der Waals surface area contributed by atoms with Crippen LogP contribution < -0.4 is 5.73 Å². The Labute approximate surface area is 123 Å². The van der Waals surface area contributed by atoms with Crippen LogP contribution in [0.3, 0.4) is 0 Å². The van der Waals surface area contributed by atoms with Crippen molar-refractivity contribution >= 4 is 21.6 Å². The van der Waals surface area contributed by atoms with Crippen molar-refractivity contribution in [1.82, 2.24) is 4.90 Å². The normalized spacial score (nSPS) is 10.9. The Hall–Kier alpha value is -1.32. The van der Waals surface area contributed by atoms with Gasteiger partial charge in [0.2, 0.25) is 0 Å². The second-order valence-corrected chi connectivity index (χ2v) is 5.49. The number of nitrogen functional groups attached to an aromatic ring is 1. The van der Waals surface area contributed by atoms with E-state index in [2.05, 4.69) is 52.0 Å². The summed E-state index contributed by atoms with van der Waals surface area (Å²) in [4.78, 5) is 2.40. The van der Waals surface area contributed by atoms with Crippen molar-refractivity contribution < 1.29 is 0 Å². The topological polar surface area (TPSA) is 29.3 Å². The second kappa shape index (κ2) is 6.73. The summed E-state index contributed by atoms with van der Waals surface area (Å²) in [5.74, 6) is 0. The van der Waals surface area contributed by atoms with Gasteiger partial charge in [0.1, 0.15) is 0 Å². The predicted octanol–water partition coefficient (Wildman–Crippen LogP) is 4.05. The number of anilines is 1. The summed E-state index contributed by atoms with van der Waals surface area (Å²) in [5, 5.41) is 0. The summed E-state index contributed by atoms with van der Waals surface area (Å²) >= 11 is 3.60. The van der Waals surface area contributed by atoms with Crippen LogP contribution in [0.2, 0.25) is 0 Å². The molecular weight excluding hydrogens is 300 g/mol. The van der Waals surface area contributed by atoms with E-state index in [9.17, 15) is 0 Å². The molecule has 0 aliphatic rings. The molecule has 0 unspecified atom stereocenters. The summed E-state index contributed by atoms with van der Waals surface area (Å²) < 4.78 is 1.17. The fourth-order valence-corrected chi connectivity index (χ4v) is 2.51. The Kier molecular flexibility index (Phi) is 5.00.